The monoisotopic (exact) mass is 461 g/mol. The van der Waals surface area contributed by atoms with Crippen molar-refractivity contribution in [1.29, 1.82) is 0 Å². The topological polar surface area (TPSA) is 12.5 Å². The lowest BCUT2D eigenvalue weighted by atomic mass is 9.88. The number of anilines is 3. The minimum atomic E-state index is 0.872. The van der Waals surface area contributed by atoms with Gasteiger partial charge in [0.2, 0.25) is 0 Å². The molecule has 0 aromatic heterocycles. The fraction of sp³-hybridized carbons (Fsp3) is 0. The molecule has 0 aliphatic carbocycles. The third-order valence-electron chi connectivity index (χ3n) is 6.86. The second kappa shape index (κ2) is 8.44. The van der Waals surface area contributed by atoms with E-state index in [1.54, 1.807) is 0 Å². The average Bonchev–Trinajstić information content (AvgIpc) is 2.94. The average molecular weight is 462 g/mol. The summed E-state index contributed by atoms with van der Waals surface area (Å²) in [7, 11) is 0. The SMILES string of the molecule is c1ccc(N(c2ccccc2)c2ccc3c4c(cccc24)-c2ccccc2Oc2ccccc2-3)cc1. The van der Waals surface area contributed by atoms with Crippen LogP contribution >= 0.6 is 0 Å². The Balaban J connectivity index is 1.60. The van der Waals surface area contributed by atoms with Crippen LogP contribution < -0.4 is 9.64 Å². The number of fused-ring (bicyclic) bond motifs is 4. The van der Waals surface area contributed by atoms with E-state index in [-0.39, 0.29) is 0 Å². The van der Waals surface area contributed by atoms with Crippen molar-refractivity contribution >= 4 is 27.8 Å². The highest BCUT2D eigenvalue weighted by Gasteiger charge is 2.23. The molecule has 0 saturated heterocycles. The third kappa shape index (κ3) is 3.27. The first kappa shape index (κ1) is 20.5. The Hall–Kier alpha value is -4.82. The molecule has 2 nitrogen and oxygen atoms in total. The molecule has 0 bridgehead atoms. The molecular formula is C34H23NO. The first-order valence-corrected chi connectivity index (χ1v) is 12.2. The molecule has 0 amide bonds. The lowest BCUT2D eigenvalue weighted by molar-refractivity contribution is 0.486. The van der Waals surface area contributed by atoms with Crippen molar-refractivity contribution in [3.8, 4) is 33.8 Å². The zero-order chi connectivity index (χ0) is 23.9. The summed E-state index contributed by atoms with van der Waals surface area (Å²) in [4.78, 5) is 2.34. The molecule has 6 aromatic carbocycles. The van der Waals surface area contributed by atoms with Gasteiger partial charge in [-0.1, -0.05) is 97.1 Å². The van der Waals surface area contributed by atoms with Gasteiger partial charge in [0, 0.05) is 27.9 Å². The van der Waals surface area contributed by atoms with E-state index in [1.807, 2.05) is 12.1 Å². The Morgan fingerprint density at radius 2 is 0.889 bits per heavy atom. The van der Waals surface area contributed by atoms with Crippen molar-refractivity contribution < 1.29 is 4.74 Å². The molecule has 1 aliphatic rings. The number of ether oxygens (including phenoxy) is 1. The predicted octanol–water partition coefficient (Wildman–Crippen LogP) is 9.75. The number of rotatable bonds is 3. The molecule has 36 heavy (non-hydrogen) atoms. The maximum absolute atomic E-state index is 6.48. The van der Waals surface area contributed by atoms with E-state index < -0.39 is 0 Å². The first-order chi connectivity index (χ1) is 17.9. The summed E-state index contributed by atoms with van der Waals surface area (Å²) in [6.45, 7) is 0. The molecule has 6 aromatic rings. The van der Waals surface area contributed by atoms with Gasteiger partial charge in [0.25, 0.3) is 0 Å². The number of nitrogens with zero attached hydrogens (tertiary/aromatic N) is 1. The molecule has 0 fully saturated rings. The summed E-state index contributed by atoms with van der Waals surface area (Å²) in [5, 5.41) is 2.43. The van der Waals surface area contributed by atoms with E-state index in [0.717, 1.165) is 39.7 Å². The van der Waals surface area contributed by atoms with Crippen LogP contribution in [0.3, 0.4) is 0 Å². The highest BCUT2D eigenvalue weighted by molar-refractivity contribution is 6.14. The smallest absolute Gasteiger partial charge is 0.135 e. The van der Waals surface area contributed by atoms with Gasteiger partial charge < -0.3 is 9.64 Å². The number of hydrogen-bond acceptors (Lipinski definition) is 2. The Morgan fingerprint density at radius 3 is 1.50 bits per heavy atom. The Morgan fingerprint density at radius 1 is 0.389 bits per heavy atom. The van der Waals surface area contributed by atoms with Gasteiger partial charge in [0.1, 0.15) is 11.5 Å². The first-order valence-electron chi connectivity index (χ1n) is 12.2. The fourth-order valence-corrected chi connectivity index (χ4v) is 5.29. The highest BCUT2D eigenvalue weighted by atomic mass is 16.5. The van der Waals surface area contributed by atoms with E-state index in [2.05, 4.69) is 132 Å². The molecule has 0 saturated carbocycles. The van der Waals surface area contributed by atoms with Gasteiger partial charge in [-0.05, 0) is 59.0 Å². The summed E-state index contributed by atoms with van der Waals surface area (Å²) in [5.74, 6) is 1.74. The second-order valence-electron chi connectivity index (χ2n) is 8.96. The van der Waals surface area contributed by atoms with E-state index in [4.69, 9.17) is 4.74 Å². The lowest BCUT2D eigenvalue weighted by Gasteiger charge is -2.29. The number of benzene rings is 6. The van der Waals surface area contributed by atoms with Crippen LogP contribution in [-0.2, 0) is 0 Å². The van der Waals surface area contributed by atoms with Crippen LogP contribution in [0.15, 0.2) is 140 Å². The summed E-state index contributed by atoms with van der Waals surface area (Å²) in [6.07, 6.45) is 0. The van der Waals surface area contributed by atoms with Crippen molar-refractivity contribution in [2.45, 2.75) is 0 Å². The summed E-state index contributed by atoms with van der Waals surface area (Å²) < 4.78 is 6.48. The molecule has 0 atom stereocenters. The molecule has 1 aliphatic heterocycles. The Kier molecular flexibility index (Phi) is 4.82. The largest absolute Gasteiger partial charge is 0.456 e. The second-order valence-corrected chi connectivity index (χ2v) is 8.96. The van der Waals surface area contributed by atoms with E-state index >= 15 is 0 Å². The van der Waals surface area contributed by atoms with Gasteiger partial charge >= 0.3 is 0 Å². The molecular weight excluding hydrogens is 438 g/mol. The Labute approximate surface area is 210 Å². The van der Waals surface area contributed by atoms with E-state index in [9.17, 15) is 0 Å². The number of para-hydroxylation sites is 4. The van der Waals surface area contributed by atoms with Crippen molar-refractivity contribution in [2.24, 2.45) is 0 Å². The van der Waals surface area contributed by atoms with Crippen molar-refractivity contribution in [2.75, 3.05) is 4.90 Å². The van der Waals surface area contributed by atoms with Crippen LogP contribution in [0.25, 0.3) is 33.0 Å². The van der Waals surface area contributed by atoms with Crippen LogP contribution in [0.4, 0.5) is 17.1 Å². The van der Waals surface area contributed by atoms with Gasteiger partial charge in [-0.3, -0.25) is 0 Å². The van der Waals surface area contributed by atoms with Crippen LogP contribution in [-0.4, -0.2) is 0 Å². The minimum absolute atomic E-state index is 0.872. The van der Waals surface area contributed by atoms with Gasteiger partial charge in [0.15, 0.2) is 0 Å². The standard InChI is InChI=1S/C34H23NO/c1-3-12-24(13-4-1)35(25-14-5-2-6-15-25)31-23-22-29-27-17-8-10-21-33(27)36-32-20-9-7-16-26(32)28-18-11-19-30(31)34(28)29/h1-23H. The maximum Gasteiger partial charge on any atom is 0.135 e. The highest BCUT2D eigenvalue weighted by Crippen LogP contribution is 2.50. The van der Waals surface area contributed by atoms with Gasteiger partial charge in [-0.15, -0.1) is 0 Å². The van der Waals surface area contributed by atoms with Crippen LogP contribution in [0, 0.1) is 0 Å². The van der Waals surface area contributed by atoms with Gasteiger partial charge in [-0.2, -0.15) is 0 Å². The van der Waals surface area contributed by atoms with E-state index in [0.29, 0.717) is 0 Å². The van der Waals surface area contributed by atoms with Crippen molar-refractivity contribution in [3.63, 3.8) is 0 Å². The quantitative estimate of drug-likeness (QED) is 0.260. The maximum atomic E-state index is 6.48. The van der Waals surface area contributed by atoms with Crippen LogP contribution in [0.1, 0.15) is 0 Å². The van der Waals surface area contributed by atoms with Crippen molar-refractivity contribution in [1.82, 2.24) is 0 Å². The third-order valence-corrected chi connectivity index (χ3v) is 6.86. The predicted molar refractivity (Wildman–Crippen MR) is 150 cm³/mol. The zero-order valence-corrected chi connectivity index (χ0v) is 19.6. The molecule has 0 spiro atoms. The van der Waals surface area contributed by atoms with Gasteiger partial charge in [-0.25, -0.2) is 0 Å². The van der Waals surface area contributed by atoms with Crippen LogP contribution in [0.5, 0.6) is 11.5 Å². The van der Waals surface area contributed by atoms with Crippen LogP contribution in [0.2, 0.25) is 0 Å². The summed E-state index contributed by atoms with van der Waals surface area (Å²) >= 11 is 0. The molecule has 0 radical (unpaired) electrons. The number of hydrogen-bond donors (Lipinski definition) is 0. The minimum Gasteiger partial charge on any atom is -0.456 e. The molecule has 0 N–H and O–H groups in total. The van der Waals surface area contributed by atoms with Crippen molar-refractivity contribution in [3.05, 3.63) is 140 Å². The Bertz CT molecular complexity index is 1620. The molecule has 7 rings (SSSR count). The molecule has 1 heterocycles. The summed E-state index contributed by atoms with van der Waals surface area (Å²) in [5.41, 5.74) is 7.94. The molecule has 2 heteroatoms. The molecule has 0 unspecified atom stereocenters. The van der Waals surface area contributed by atoms with Gasteiger partial charge in [0.05, 0.1) is 5.69 Å². The van der Waals surface area contributed by atoms with E-state index in [1.165, 1.54) is 21.9 Å². The molecule has 170 valence electrons. The zero-order valence-electron chi connectivity index (χ0n) is 19.6. The normalized spacial score (nSPS) is 11.6. The fourth-order valence-electron chi connectivity index (χ4n) is 5.29. The summed E-state index contributed by atoms with van der Waals surface area (Å²) in [6, 6.07) is 48.9. The lowest BCUT2D eigenvalue weighted by Crippen LogP contribution is -2.10.